The summed E-state index contributed by atoms with van der Waals surface area (Å²) in [5.74, 6) is 3.32. The number of rotatable bonds is 16. The van der Waals surface area contributed by atoms with Gasteiger partial charge in [0.25, 0.3) is 10.0 Å². The Balaban J connectivity index is 1.19. The number of fused-ring (bicyclic) bond motifs is 1. The summed E-state index contributed by atoms with van der Waals surface area (Å²) in [6.07, 6.45) is 5.39. The predicted molar refractivity (Wildman–Crippen MR) is 217 cm³/mol. The highest BCUT2D eigenvalue weighted by molar-refractivity contribution is 7.93. The second-order valence-electron chi connectivity index (χ2n) is 13.6. The first kappa shape index (κ1) is 38.1. The maximum absolute atomic E-state index is 15.1. The fourth-order valence-electron chi connectivity index (χ4n) is 6.76. The molecule has 0 saturated heterocycles. The molecule has 1 saturated carbocycles. The molecular formula is C42H41N7O8S. The van der Waals surface area contributed by atoms with Crippen LogP contribution in [0.2, 0.25) is 0 Å². The molecule has 7 aromatic rings. The van der Waals surface area contributed by atoms with Gasteiger partial charge in [-0.2, -0.15) is 5.10 Å². The Hall–Kier alpha value is -6.81. The van der Waals surface area contributed by atoms with Crippen LogP contribution in [0.3, 0.4) is 0 Å². The van der Waals surface area contributed by atoms with Gasteiger partial charge in [-0.05, 0) is 72.5 Å². The molecule has 4 aromatic carbocycles. The van der Waals surface area contributed by atoms with Crippen LogP contribution in [-0.4, -0.2) is 68.9 Å². The van der Waals surface area contributed by atoms with Crippen molar-refractivity contribution in [3.63, 3.8) is 0 Å². The number of ether oxygens (including phenoxy) is 5. The van der Waals surface area contributed by atoms with E-state index in [1.54, 1.807) is 81.2 Å². The number of nitrogens with zero attached hydrogens (tertiary/aromatic N) is 6. The summed E-state index contributed by atoms with van der Waals surface area (Å²) in [6.45, 7) is 0.456. The van der Waals surface area contributed by atoms with E-state index >= 15 is 8.42 Å². The van der Waals surface area contributed by atoms with Crippen molar-refractivity contribution in [2.45, 2.75) is 36.7 Å². The van der Waals surface area contributed by atoms with Gasteiger partial charge in [0, 0.05) is 41.7 Å². The molecule has 3 heterocycles. The standard InChI is InChI=1S/C42H41N7O8S/c1-52-30-13-7-26(8-14-30)24-48-34(28-11-12-28)23-39(46-48)45-33-22-35-32(21-36(33)54-3)42(47-57-35)49(25-27-9-15-31(53-2)16-10-27)58(50,51)40-37(55-4)19-29(20-38(40)56-5)41-43-17-6-18-44-41/h6-10,13-23,28H,11-12,24-25H2,1-5H3,(H,45,46). The summed E-state index contributed by atoms with van der Waals surface area (Å²) in [5, 5.41) is 13.1. The molecule has 298 valence electrons. The van der Waals surface area contributed by atoms with Gasteiger partial charge < -0.3 is 33.5 Å². The van der Waals surface area contributed by atoms with Crippen LogP contribution in [0.1, 0.15) is 35.6 Å². The largest absolute Gasteiger partial charge is 0.497 e. The number of hydrogen-bond acceptors (Lipinski definition) is 13. The maximum Gasteiger partial charge on any atom is 0.273 e. The number of methoxy groups -OCH3 is 5. The zero-order chi connectivity index (χ0) is 40.4. The lowest BCUT2D eigenvalue weighted by molar-refractivity contribution is 0.373. The highest BCUT2D eigenvalue weighted by Crippen LogP contribution is 2.45. The summed E-state index contributed by atoms with van der Waals surface area (Å²) >= 11 is 0. The van der Waals surface area contributed by atoms with Crippen molar-refractivity contribution >= 4 is 38.3 Å². The average Bonchev–Trinajstić information content (AvgIpc) is 3.92. The minimum Gasteiger partial charge on any atom is -0.497 e. The normalized spacial score (nSPS) is 12.6. The van der Waals surface area contributed by atoms with Gasteiger partial charge in [0.15, 0.2) is 27.9 Å². The molecule has 1 aliphatic rings. The SMILES string of the molecule is COc1ccc(CN(c2noc3cc(Nc4cc(C5CC5)n(Cc5ccc(OC)cc5)n4)c(OC)cc23)S(=O)(=O)c2c(OC)cc(-c3ncccn3)cc2OC)cc1. The fraction of sp³-hybridized carbons (Fsp3) is 0.238. The summed E-state index contributed by atoms with van der Waals surface area (Å²) in [7, 11) is 3.01. The van der Waals surface area contributed by atoms with Gasteiger partial charge in [-0.3, -0.25) is 4.68 Å². The molecule has 8 rings (SSSR count). The molecule has 0 radical (unpaired) electrons. The summed E-state index contributed by atoms with van der Waals surface area (Å²) in [6, 6.07) is 25.3. The van der Waals surface area contributed by atoms with Gasteiger partial charge in [0.05, 0.1) is 59.7 Å². The maximum atomic E-state index is 15.1. The van der Waals surface area contributed by atoms with E-state index in [2.05, 4.69) is 26.5 Å². The Labute approximate surface area is 335 Å². The zero-order valence-electron chi connectivity index (χ0n) is 32.5. The number of hydrogen-bond donors (Lipinski definition) is 1. The van der Waals surface area contributed by atoms with E-state index in [0.29, 0.717) is 63.4 Å². The first-order valence-corrected chi connectivity index (χ1v) is 19.8. The molecule has 0 unspecified atom stereocenters. The fourth-order valence-corrected chi connectivity index (χ4v) is 8.45. The summed E-state index contributed by atoms with van der Waals surface area (Å²) in [4.78, 5) is 8.42. The molecule has 0 amide bonds. The lowest BCUT2D eigenvalue weighted by atomic mass is 10.2. The van der Waals surface area contributed by atoms with Gasteiger partial charge in [0.1, 0.15) is 28.7 Å². The molecule has 1 N–H and O–H groups in total. The van der Waals surface area contributed by atoms with E-state index in [9.17, 15) is 0 Å². The lowest BCUT2D eigenvalue weighted by Crippen LogP contribution is -2.31. The van der Waals surface area contributed by atoms with Crippen molar-refractivity contribution in [1.82, 2.24) is 24.9 Å². The minimum atomic E-state index is -4.51. The molecule has 0 spiro atoms. The van der Waals surface area contributed by atoms with E-state index in [0.717, 1.165) is 34.2 Å². The van der Waals surface area contributed by atoms with E-state index < -0.39 is 10.0 Å². The number of benzene rings is 4. The van der Waals surface area contributed by atoms with Crippen molar-refractivity contribution in [2.24, 2.45) is 0 Å². The molecule has 0 bridgehead atoms. The first-order chi connectivity index (χ1) is 28.2. The second kappa shape index (κ2) is 16.0. The van der Waals surface area contributed by atoms with Crippen molar-refractivity contribution < 1.29 is 36.6 Å². The summed E-state index contributed by atoms with van der Waals surface area (Å²) in [5.41, 5.74) is 4.24. The Morgan fingerprint density at radius 3 is 1.98 bits per heavy atom. The van der Waals surface area contributed by atoms with Crippen LogP contribution < -0.4 is 33.3 Å². The molecule has 1 fully saturated rings. The van der Waals surface area contributed by atoms with Crippen LogP contribution >= 0.6 is 0 Å². The minimum absolute atomic E-state index is 0.0232. The third-order valence-corrected chi connectivity index (χ3v) is 11.7. The van der Waals surface area contributed by atoms with Gasteiger partial charge in [-0.15, -0.1) is 0 Å². The van der Waals surface area contributed by atoms with Crippen molar-refractivity contribution in [2.75, 3.05) is 45.2 Å². The van der Waals surface area contributed by atoms with Gasteiger partial charge in [0.2, 0.25) is 0 Å². The Kier molecular flexibility index (Phi) is 10.5. The third kappa shape index (κ3) is 7.53. The van der Waals surface area contributed by atoms with Gasteiger partial charge in [-0.25, -0.2) is 22.7 Å². The highest BCUT2D eigenvalue weighted by Gasteiger charge is 2.36. The van der Waals surface area contributed by atoms with Crippen LogP contribution in [0.5, 0.6) is 28.7 Å². The molecule has 15 nitrogen and oxygen atoms in total. The van der Waals surface area contributed by atoms with E-state index in [1.807, 2.05) is 28.9 Å². The lowest BCUT2D eigenvalue weighted by Gasteiger charge is -2.25. The number of anilines is 3. The van der Waals surface area contributed by atoms with E-state index in [1.165, 1.54) is 21.3 Å². The van der Waals surface area contributed by atoms with Gasteiger partial charge >= 0.3 is 0 Å². The first-order valence-electron chi connectivity index (χ1n) is 18.4. The second-order valence-corrected chi connectivity index (χ2v) is 15.4. The quantitative estimate of drug-likeness (QED) is 0.102. The Morgan fingerprint density at radius 1 is 0.776 bits per heavy atom. The van der Waals surface area contributed by atoms with E-state index in [4.69, 9.17) is 33.3 Å². The highest BCUT2D eigenvalue weighted by atomic mass is 32.2. The van der Waals surface area contributed by atoms with Crippen LogP contribution in [0.25, 0.3) is 22.4 Å². The van der Waals surface area contributed by atoms with Gasteiger partial charge in [-0.1, -0.05) is 29.4 Å². The molecule has 1 aliphatic carbocycles. The summed E-state index contributed by atoms with van der Waals surface area (Å²) < 4.78 is 67.2. The predicted octanol–water partition coefficient (Wildman–Crippen LogP) is 7.59. The molecule has 58 heavy (non-hydrogen) atoms. The molecular weight excluding hydrogens is 763 g/mol. The zero-order valence-corrected chi connectivity index (χ0v) is 33.3. The van der Waals surface area contributed by atoms with Crippen LogP contribution in [0.4, 0.5) is 17.3 Å². The molecule has 0 atom stereocenters. The van der Waals surface area contributed by atoms with Crippen LogP contribution in [0.15, 0.2) is 107 Å². The van der Waals surface area contributed by atoms with E-state index in [-0.39, 0.29) is 28.8 Å². The number of aromatic nitrogens is 5. The third-order valence-electron chi connectivity index (χ3n) is 9.89. The van der Waals surface area contributed by atoms with Crippen LogP contribution in [-0.2, 0) is 23.1 Å². The smallest absolute Gasteiger partial charge is 0.273 e. The number of sulfonamides is 1. The Morgan fingerprint density at radius 2 is 1.40 bits per heavy atom. The molecule has 0 aliphatic heterocycles. The monoisotopic (exact) mass is 803 g/mol. The van der Waals surface area contributed by atoms with Crippen LogP contribution in [0, 0.1) is 0 Å². The average molecular weight is 804 g/mol. The molecule has 16 heteroatoms. The Bertz CT molecular complexity index is 2640. The topological polar surface area (TPSA) is 165 Å². The molecule has 3 aromatic heterocycles. The number of nitrogens with one attached hydrogen (secondary N) is 1. The van der Waals surface area contributed by atoms with Crippen molar-refractivity contribution in [1.29, 1.82) is 0 Å². The van der Waals surface area contributed by atoms with Crippen molar-refractivity contribution in [3.05, 3.63) is 114 Å². The van der Waals surface area contributed by atoms with Crippen molar-refractivity contribution in [3.8, 4) is 40.1 Å².